The highest BCUT2D eigenvalue weighted by molar-refractivity contribution is 5.95. The van der Waals surface area contributed by atoms with Crippen molar-refractivity contribution < 1.29 is 9.53 Å². The number of hydrogen-bond donors (Lipinski definition) is 1. The van der Waals surface area contributed by atoms with Crippen LogP contribution >= 0.6 is 0 Å². The van der Waals surface area contributed by atoms with E-state index < -0.39 is 0 Å². The van der Waals surface area contributed by atoms with E-state index >= 15 is 0 Å². The van der Waals surface area contributed by atoms with Crippen LogP contribution in [-0.2, 0) is 4.74 Å². The van der Waals surface area contributed by atoms with Gasteiger partial charge in [0.2, 0.25) is 0 Å². The van der Waals surface area contributed by atoms with E-state index in [2.05, 4.69) is 11.6 Å². The first-order chi connectivity index (χ1) is 8.11. The minimum Gasteiger partial charge on any atom is -0.461 e. The molecule has 0 aliphatic heterocycles. The van der Waals surface area contributed by atoms with Gasteiger partial charge in [-0.3, -0.25) is 0 Å². The Balaban J connectivity index is 2.43. The molecular formula is C14H15NO2. The maximum atomic E-state index is 11.6. The van der Waals surface area contributed by atoms with Gasteiger partial charge in [-0.15, -0.1) is 0 Å². The normalized spacial score (nSPS) is 10.5. The third-order valence-corrected chi connectivity index (χ3v) is 2.61. The van der Waals surface area contributed by atoms with E-state index in [0.29, 0.717) is 12.3 Å². The zero-order valence-corrected chi connectivity index (χ0v) is 10.0. The Morgan fingerprint density at radius 2 is 2.18 bits per heavy atom. The summed E-state index contributed by atoms with van der Waals surface area (Å²) < 4.78 is 4.95. The summed E-state index contributed by atoms with van der Waals surface area (Å²) in [7, 11) is 0. The van der Waals surface area contributed by atoms with Crippen molar-refractivity contribution in [1.29, 1.82) is 0 Å². The Kier molecular flexibility index (Phi) is 3.00. The summed E-state index contributed by atoms with van der Waals surface area (Å²) in [6, 6.07) is 7.74. The molecule has 1 aromatic carbocycles. The summed E-state index contributed by atoms with van der Waals surface area (Å²) >= 11 is 0. The van der Waals surface area contributed by atoms with Gasteiger partial charge >= 0.3 is 5.97 Å². The number of allylic oxidation sites excluding steroid dienone is 1. The van der Waals surface area contributed by atoms with Crippen molar-refractivity contribution in [2.24, 2.45) is 0 Å². The molecule has 88 valence electrons. The average Bonchev–Trinajstić information content (AvgIpc) is 2.71. The van der Waals surface area contributed by atoms with Crippen molar-refractivity contribution in [2.45, 2.75) is 13.8 Å². The summed E-state index contributed by atoms with van der Waals surface area (Å²) in [6.07, 6.45) is 0. The number of hydrogen-bond acceptors (Lipinski definition) is 2. The number of fused-ring (bicyclic) bond motifs is 1. The second kappa shape index (κ2) is 4.45. The molecular weight excluding hydrogens is 214 g/mol. The highest BCUT2D eigenvalue weighted by Crippen LogP contribution is 2.21. The van der Waals surface area contributed by atoms with Gasteiger partial charge < -0.3 is 9.72 Å². The molecule has 1 N–H and O–H groups in total. The van der Waals surface area contributed by atoms with Crippen molar-refractivity contribution in [3.05, 3.63) is 42.1 Å². The predicted molar refractivity (Wildman–Crippen MR) is 69.0 cm³/mol. The molecule has 17 heavy (non-hydrogen) atoms. The van der Waals surface area contributed by atoms with Gasteiger partial charge in [0.15, 0.2) is 0 Å². The molecule has 1 heterocycles. The van der Waals surface area contributed by atoms with E-state index in [4.69, 9.17) is 4.74 Å². The molecule has 3 heteroatoms. The second-order valence-corrected chi connectivity index (χ2v) is 3.99. The van der Waals surface area contributed by atoms with Gasteiger partial charge in [-0.1, -0.05) is 18.2 Å². The topological polar surface area (TPSA) is 42.1 Å². The number of carbonyl (C=O) groups is 1. The Bertz CT molecular complexity index is 581. The summed E-state index contributed by atoms with van der Waals surface area (Å²) in [4.78, 5) is 14.6. The van der Waals surface area contributed by atoms with E-state index in [9.17, 15) is 4.79 Å². The number of carbonyl (C=O) groups excluding carboxylic acids is 1. The maximum Gasteiger partial charge on any atom is 0.354 e. The molecule has 0 aliphatic rings. The molecule has 0 saturated carbocycles. The average molecular weight is 229 g/mol. The summed E-state index contributed by atoms with van der Waals surface area (Å²) in [5.41, 5.74) is 3.50. The quantitative estimate of drug-likeness (QED) is 0.820. The van der Waals surface area contributed by atoms with Crippen LogP contribution in [0.15, 0.2) is 30.8 Å². The molecule has 0 fully saturated rings. The van der Waals surface area contributed by atoms with Crippen molar-refractivity contribution >= 4 is 22.4 Å². The van der Waals surface area contributed by atoms with Crippen LogP contribution < -0.4 is 0 Å². The Hall–Kier alpha value is -2.03. The molecule has 1 aromatic heterocycles. The van der Waals surface area contributed by atoms with E-state index in [-0.39, 0.29) is 5.97 Å². The smallest absolute Gasteiger partial charge is 0.354 e. The van der Waals surface area contributed by atoms with Crippen molar-refractivity contribution in [1.82, 2.24) is 4.98 Å². The predicted octanol–water partition coefficient (Wildman–Crippen LogP) is 3.38. The number of aromatic nitrogens is 1. The third-order valence-electron chi connectivity index (χ3n) is 2.61. The number of nitrogens with one attached hydrogen (secondary N) is 1. The molecule has 0 spiro atoms. The highest BCUT2D eigenvalue weighted by atomic mass is 16.5. The van der Waals surface area contributed by atoms with Crippen LogP contribution in [-0.4, -0.2) is 17.6 Å². The number of aromatic amines is 1. The molecule has 0 saturated heterocycles. The molecule has 0 bridgehead atoms. The Labute approximate surface area is 100 Å². The lowest BCUT2D eigenvalue weighted by molar-refractivity contribution is 0.0520. The van der Waals surface area contributed by atoms with Crippen LogP contribution in [0, 0.1) is 0 Å². The second-order valence-electron chi connectivity index (χ2n) is 3.99. The SMILES string of the molecule is C=C(C)c1ccc2[nH]c(C(=O)OCC)cc2c1. The van der Waals surface area contributed by atoms with Gasteiger partial charge in [0.25, 0.3) is 0 Å². The molecule has 2 rings (SSSR count). The lowest BCUT2D eigenvalue weighted by Crippen LogP contribution is -2.04. The molecule has 3 nitrogen and oxygen atoms in total. The van der Waals surface area contributed by atoms with Gasteiger partial charge in [-0.25, -0.2) is 4.79 Å². The minimum atomic E-state index is -0.319. The third kappa shape index (κ3) is 2.23. The molecule has 2 aromatic rings. The lowest BCUT2D eigenvalue weighted by Gasteiger charge is -1.98. The molecule has 0 unspecified atom stereocenters. The number of ether oxygens (including phenoxy) is 1. The van der Waals surface area contributed by atoms with E-state index in [1.54, 1.807) is 13.0 Å². The first kappa shape index (κ1) is 11.5. The first-order valence-corrected chi connectivity index (χ1v) is 5.57. The standard InChI is InChI=1S/C14H15NO2/c1-4-17-14(16)13-8-11-7-10(9(2)3)5-6-12(11)15-13/h5-8,15H,2,4H2,1,3H3. The monoisotopic (exact) mass is 229 g/mol. The van der Waals surface area contributed by atoms with E-state index in [1.807, 2.05) is 25.1 Å². The minimum absolute atomic E-state index is 0.319. The molecule has 0 atom stereocenters. The highest BCUT2D eigenvalue weighted by Gasteiger charge is 2.10. The Morgan fingerprint density at radius 3 is 2.82 bits per heavy atom. The van der Waals surface area contributed by atoms with Gasteiger partial charge in [-0.2, -0.15) is 0 Å². The maximum absolute atomic E-state index is 11.6. The van der Waals surface area contributed by atoms with Gasteiger partial charge in [0.1, 0.15) is 5.69 Å². The zero-order valence-electron chi connectivity index (χ0n) is 10.0. The van der Waals surface area contributed by atoms with Crippen molar-refractivity contribution in [2.75, 3.05) is 6.61 Å². The van der Waals surface area contributed by atoms with Crippen LogP contribution in [0.2, 0.25) is 0 Å². The number of benzene rings is 1. The van der Waals surface area contributed by atoms with Crippen LogP contribution in [0.3, 0.4) is 0 Å². The fourth-order valence-corrected chi connectivity index (χ4v) is 1.72. The van der Waals surface area contributed by atoms with Gasteiger partial charge in [0, 0.05) is 10.9 Å². The molecule has 0 radical (unpaired) electrons. The van der Waals surface area contributed by atoms with E-state index in [1.165, 1.54) is 0 Å². The van der Waals surface area contributed by atoms with Crippen LogP contribution in [0.4, 0.5) is 0 Å². The summed E-state index contributed by atoms with van der Waals surface area (Å²) in [5, 5.41) is 0.994. The number of rotatable bonds is 3. The van der Waals surface area contributed by atoms with Crippen molar-refractivity contribution in [3.8, 4) is 0 Å². The largest absolute Gasteiger partial charge is 0.461 e. The van der Waals surface area contributed by atoms with Crippen LogP contribution in [0.1, 0.15) is 29.9 Å². The Morgan fingerprint density at radius 1 is 1.41 bits per heavy atom. The van der Waals surface area contributed by atoms with Crippen molar-refractivity contribution in [3.63, 3.8) is 0 Å². The van der Waals surface area contributed by atoms with Gasteiger partial charge in [-0.05, 0) is 37.6 Å². The fourth-order valence-electron chi connectivity index (χ4n) is 1.72. The lowest BCUT2D eigenvalue weighted by atomic mass is 10.1. The van der Waals surface area contributed by atoms with Gasteiger partial charge in [0.05, 0.1) is 6.61 Å². The fraction of sp³-hybridized carbons (Fsp3) is 0.214. The molecule has 0 amide bonds. The van der Waals surface area contributed by atoms with Crippen LogP contribution in [0.25, 0.3) is 16.5 Å². The zero-order chi connectivity index (χ0) is 12.4. The number of H-pyrrole nitrogens is 1. The van der Waals surface area contributed by atoms with E-state index in [0.717, 1.165) is 22.0 Å². The summed E-state index contributed by atoms with van der Waals surface area (Å²) in [6.45, 7) is 8.03. The molecule has 0 aliphatic carbocycles. The summed E-state index contributed by atoms with van der Waals surface area (Å²) in [5.74, 6) is -0.319. The first-order valence-electron chi connectivity index (χ1n) is 5.57. The van der Waals surface area contributed by atoms with Crippen LogP contribution in [0.5, 0.6) is 0 Å². The number of esters is 1.